The molecule has 0 spiro atoms. The largest absolute Gasteiger partial charge is 0.456 e. The van der Waals surface area contributed by atoms with Crippen molar-refractivity contribution in [3.05, 3.63) is 183 Å². The zero-order valence-corrected chi connectivity index (χ0v) is 31.1. The summed E-state index contributed by atoms with van der Waals surface area (Å²) in [4.78, 5) is 53.9. The Morgan fingerprint density at radius 1 is 0.604 bits per heavy atom. The fourth-order valence-electron chi connectivity index (χ4n) is 4.87. The van der Waals surface area contributed by atoms with Gasteiger partial charge in [0.15, 0.2) is 5.82 Å². The molecular weight excluding hydrogens is 804 g/mol. The molecular formula is C40H30Br2N6O5. The van der Waals surface area contributed by atoms with Crippen molar-refractivity contribution in [2.75, 3.05) is 0 Å². The quantitative estimate of drug-likeness (QED) is 0.136. The highest BCUT2D eigenvalue weighted by atomic mass is 79.9. The molecule has 1 amide bonds. The number of ether oxygens (including phenoxy) is 2. The minimum Gasteiger partial charge on any atom is -0.456 e. The Bertz CT molecular complexity index is 2340. The molecule has 5 aromatic heterocycles. The molecule has 0 radical (unpaired) electrons. The van der Waals surface area contributed by atoms with Crippen LogP contribution in [0.4, 0.5) is 0 Å². The molecule has 0 aliphatic heterocycles. The minimum absolute atomic E-state index is 0.0837. The van der Waals surface area contributed by atoms with Gasteiger partial charge in [0.1, 0.15) is 36.0 Å². The van der Waals surface area contributed by atoms with Gasteiger partial charge in [0.2, 0.25) is 0 Å². The summed E-state index contributed by atoms with van der Waals surface area (Å²) in [6, 6.07) is 36.3. The zero-order chi connectivity index (χ0) is 37.0. The molecule has 13 heteroatoms. The van der Waals surface area contributed by atoms with E-state index in [1.165, 1.54) is 12.1 Å². The summed E-state index contributed by atoms with van der Waals surface area (Å²) < 4.78 is 14.3. The number of aromatic nitrogens is 5. The Labute approximate surface area is 321 Å². The average molecular weight is 835 g/mol. The normalized spacial score (nSPS) is 10.5. The fraction of sp³-hybridized carbons (Fsp3) is 0.0750. The number of nitrogens with zero attached hydrogens (tertiary/aromatic N) is 5. The molecule has 53 heavy (non-hydrogen) atoms. The Hall–Kier alpha value is -6.05. The van der Waals surface area contributed by atoms with E-state index in [-0.39, 0.29) is 36.8 Å². The summed E-state index contributed by atoms with van der Waals surface area (Å²) in [7, 11) is 0. The fourth-order valence-corrected chi connectivity index (χ4v) is 5.44. The van der Waals surface area contributed by atoms with Crippen LogP contribution in [0.1, 0.15) is 48.3 Å². The van der Waals surface area contributed by atoms with Gasteiger partial charge in [-0.3, -0.25) is 14.2 Å². The Kier molecular flexibility index (Phi) is 12.4. The van der Waals surface area contributed by atoms with E-state index in [0.29, 0.717) is 17.2 Å². The monoisotopic (exact) mass is 832 g/mol. The van der Waals surface area contributed by atoms with Gasteiger partial charge in [0, 0.05) is 21.3 Å². The lowest BCUT2D eigenvalue weighted by atomic mass is 10.2. The highest BCUT2D eigenvalue weighted by Gasteiger charge is 2.15. The number of pyridine rings is 4. The van der Waals surface area contributed by atoms with Crippen LogP contribution in [0, 0.1) is 0 Å². The predicted molar refractivity (Wildman–Crippen MR) is 205 cm³/mol. The third kappa shape index (κ3) is 10.3. The molecule has 0 unspecified atom stereocenters. The number of benzene rings is 2. The van der Waals surface area contributed by atoms with Crippen molar-refractivity contribution >= 4 is 55.2 Å². The number of fused-ring (bicyclic) bond motifs is 1. The standard InChI is InChI=1S/C20H16BrN3O3.C20H14BrN3O2/c21-15-9-10-16(22-11-15)12-23-19(25)17-7-4-8-18(24-17)20(26)27-13-14-5-2-1-3-6-14;21-15-9-10-16-11-22-19(24(16)12-15)17-7-4-8-18(23-17)20(25)26-13-14-5-2-1-3-6-14/h1-11H,12-13H2,(H,23,25);1-12H,13H2. The van der Waals surface area contributed by atoms with Crippen LogP contribution < -0.4 is 5.32 Å². The molecule has 5 heterocycles. The van der Waals surface area contributed by atoms with Crippen molar-refractivity contribution in [2.45, 2.75) is 19.8 Å². The topological polar surface area (TPSA) is 138 Å². The molecule has 1 N–H and O–H groups in total. The summed E-state index contributed by atoms with van der Waals surface area (Å²) >= 11 is 6.77. The molecule has 7 aromatic rings. The third-order valence-corrected chi connectivity index (χ3v) is 8.45. The first-order chi connectivity index (χ1) is 25.8. The maximum Gasteiger partial charge on any atom is 0.357 e. The number of amides is 1. The van der Waals surface area contributed by atoms with Crippen LogP contribution in [-0.4, -0.2) is 42.2 Å². The molecule has 11 nitrogen and oxygen atoms in total. The highest BCUT2D eigenvalue weighted by Crippen LogP contribution is 2.21. The zero-order valence-electron chi connectivity index (χ0n) is 27.9. The summed E-state index contributed by atoms with van der Waals surface area (Å²) in [5, 5.41) is 2.73. The maximum absolute atomic E-state index is 12.3. The smallest absolute Gasteiger partial charge is 0.357 e. The second-order valence-corrected chi connectivity index (χ2v) is 13.1. The molecule has 0 atom stereocenters. The van der Waals surface area contributed by atoms with Crippen LogP contribution in [0.25, 0.3) is 17.0 Å². The molecule has 0 bridgehead atoms. The van der Waals surface area contributed by atoms with Crippen molar-refractivity contribution in [3.8, 4) is 11.5 Å². The molecule has 0 aliphatic carbocycles. The van der Waals surface area contributed by atoms with E-state index in [1.54, 1.807) is 36.7 Å². The minimum atomic E-state index is -0.580. The number of rotatable bonds is 10. The van der Waals surface area contributed by atoms with Crippen LogP contribution >= 0.6 is 31.9 Å². The lowest BCUT2D eigenvalue weighted by Crippen LogP contribution is -2.25. The van der Waals surface area contributed by atoms with Crippen molar-refractivity contribution in [1.82, 2.24) is 29.7 Å². The Balaban J connectivity index is 0.000000181. The number of halogens is 2. The van der Waals surface area contributed by atoms with Gasteiger partial charge < -0.3 is 14.8 Å². The second-order valence-electron chi connectivity index (χ2n) is 11.3. The van der Waals surface area contributed by atoms with Crippen LogP contribution in [-0.2, 0) is 29.2 Å². The molecule has 2 aromatic carbocycles. The van der Waals surface area contributed by atoms with E-state index in [4.69, 9.17) is 9.47 Å². The predicted octanol–water partition coefficient (Wildman–Crippen LogP) is 8.04. The van der Waals surface area contributed by atoms with Gasteiger partial charge in [-0.05, 0) is 91.5 Å². The average Bonchev–Trinajstić information content (AvgIpc) is 3.63. The van der Waals surface area contributed by atoms with E-state index < -0.39 is 17.8 Å². The summed E-state index contributed by atoms with van der Waals surface area (Å²) in [5.74, 6) is -0.766. The van der Waals surface area contributed by atoms with Gasteiger partial charge in [-0.1, -0.05) is 72.8 Å². The van der Waals surface area contributed by atoms with E-state index in [2.05, 4.69) is 57.1 Å². The SMILES string of the molecule is O=C(NCc1ccc(Br)cn1)c1cccc(C(=O)OCc2ccccc2)n1.O=C(OCc1ccccc1)c1cccc(-c2ncc3ccc(Br)cn23)n1. The van der Waals surface area contributed by atoms with Gasteiger partial charge in [-0.15, -0.1) is 0 Å². The first-order valence-corrected chi connectivity index (χ1v) is 17.8. The number of nitrogens with one attached hydrogen (secondary N) is 1. The molecule has 0 saturated carbocycles. The van der Waals surface area contributed by atoms with Gasteiger partial charge in [-0.2, -0.15) is 0 Å². The molecule has 0 fully saturated rings. The number of hydrogen-bond donors (Lipinski definition) is 1. The Morgan fingerprint density at radius 3 is 1.85 bits per heavy atom. The number of esters is 2. The maximum atomic E-state index is 12.3. The number of carbonyl (C=O) groups excluding carboxylic acids is 3. The van der Waals surface area contributed by atoms with E-state index in [1.807, 2.05) is 95.5 Å². The molecule has 264 valence electrons. The van der Waals surface area contributed by atoms with Crippen LogP contribution in [0.3, 0.4) is 0 Å². The van der Waals surface area contributed by atoms with Crippen molar-refractivity contribution in [2.24, 2.45) is 0 Å². The van der Waals surface area contributed by atoms with Crippen LogP contribution in [0.5, 0.6) is 0 Å². The summed E-state index contributed by atoms with van der Waals surface area (Å²) in [6.45, 7) is 0.619. The summed E-state index contributed by atoms with van der Waals surface area (Å²) in [5.41, 5.74) is 4.55. The molecule has 7 rings (SSSR count). The van der Waals surface area contributed by atoms with E-state index in [9.17, 15) is 14.4 Å². The van der Waals surface area contributed by atoms with Gasteiger partial charge in [-0.25, -0.2) is 24.5 Å². The third-order valence-electron chi connectivity index (χ3n) is 7.51. The number of carbonyl (C=O) groups is 3. The van der Waals surface area contributed by atoms with E-state index >= 15 is 0 Å². The van der Waals surface area contributed by atoms with Gasteiger partial charge >= 0.3 is 11.9 Å². The second kappa shape index (κ2) is 17.9. The van der Waals surface area contributed by atoms with Crippen LogP contribution in [0.2, 0.25) is 0 Å². The molecule has 0 saturated heterocycles. The number of imidazole rings is 1. The molecule has 0 aliphatic rings. The first-order valence-electron chi connectivity index (χ1n) is 16.2. The Morgan fingerprint density at radius 2 is 1.21 bits per heavy atom. The van der Waals surface area contributed by atoms with Crippen molar-refractivity contribution < 1.29 is 23.9 Å². The lowest BCUT2D eigenvalue weighted by molar-refractivity contribution is 0.0457. The summed E-state index contributed by atoms with van der Waals surface area (Å²) in [6.07, 6.45) is 5.34. The van der Waals surface area contributed by atoms with Gasteiger partial charge in [0.25, 0.3) is 5.91 Å². The van der Waals surface area contributed by atoms with Crippen molar-refractivity contribution in [3.63, 3.8) is 0 Å². The first kappa shape index (κ1) is 36.7. The highest BCUT2D eigenvalue weighted by molar-refractivity contribution is 9.10. The number of hydrogen-bond acceptors (Lipinski definition) is 9. The van der Waals surface area contributed by atoms with E-state index in [0.717, 1.165) is 25.6 Å². The van der Waals surface area contributed by atoms with Crippen LogP contribution in [0.15, 0.2) is 149 Å². The van der Waals surface area contributed by atoms with Crippen molar-refractivity contribution in [1.29, 1.82) is 0 Å². The van der Waals surface area contributed by atoms with Gasteiger partial charge in [0.05, 0.1) is 24.0 Å². The lowest BCUT2D eigenvalue weighted by Gasteiger charge is -2.07.